The third-order valence-corrected chi connectivity index (χ3v) is 3.99. The van der Waals surface area contributed by atoms with E-state index in [0.29, 0.717) is 0 Å². The van der Waals surface area contributed by atoms with Crippen LogP contribution in [-0.4, -0.2) is 24.2 Å². The van der Waals surface area contributed by atoms with Crippen LogP contribution in [0.1, 0.15) is 84.0 Å². The van der Waals surface area contributed by atoms with E-state index in [0.717, 1.165) is 12.8 Å². The Bertz CT molecular complexity index is 336. The van der Waals surface area contributed by atoms with Gasteiger partial charge in [0.05, 0.1) is 19.4 Å². The zero-order valence-electron chi connectivity index (χ0n) is 14.9. The van der Waals surface area contributed by atoms with Gasteiger partial charge in [0, 0.05) is 0 Å². The lowest BCUT2D eigenvalue weighted by Crippen LogP contribution is -2.17. The standard InChI is InChI=1S/C19H34O4/c1-3-4-5-6-7-8-9-10-11-12-13-14-15-17(16-18(20)21)19(22)23-2/h14-15,17H,3-13,16H2,1-2H3,(H,20,21). The van der Waals surface area contributed by atoms with Gasteiger partial charge in [0.25, 0.3) is 0 Å². The molecule has 0 bridgehead atoms. The van der Waals surface area contributed by atoms with Gasteiger partial charge in [-0.15, -0.1) is 0 Å². The second-order valence-corrected chi connectivity index (χ2v) is 6.13. The first kappa shape index (κ1) is 21.7. The van der Waals surface area contributed by atoms with Gasteiger partial charge in [-0.3, -0.25) is 9.59 Å². The van der Waals surface area contributed by atoms with E-state index in [1.54, 1.807) is 6.08 Å². The van der Waals surface area contributed by atoms with E-state index >= 15 is 0 Å². The lowest BCUT2D eigenvalue weighted by Gasteiger charge is -2.07. The van der Waals surface area contributed by atoms with Crippen molar-refractivity contribution in [1.29, 1.82) is 0 Å². The molecule has 0 spiro atoms. The number of carbonyl (C=O) groups excluding carboxylic acids is 1. The molecule has 0 amide bonds. The number of allylic oxidation sites excluding steroid dienone is 1. The van der Waals surface area contributed by atoms with Gasteiger partial charge in [-0.25, -0.2) is 0 Å². The third-order valence-electron chi connectivity index (χ3n) is 3.99. The summed E-state index contributed by atoms with van der Waals surface area (Å²) in [6.45, 7) is 2.24. The number of ether oxygens (including phenoxy) is 1. The Kier molecular flexibility index (Phi) is 14.7. The van der Waals surface area contributed by atoms with E-state index in [4.69, 9.17) is 5.11 Å². The molecule has 1 atom stereocenters. The Hall–Kier alpha value is -1.32. The molecule has 4 nitrogen and oxygen atoms in total. The first-order valence-electron chi connectivity index (χ1n) is 9.08. The molecule has 0 saturated carbocycles. The summed E-state index contributed by atoms with van der Waals surface area (Å²) < 4.78 is 4.62. The van der Waals surface area contributed by atoms with Crippen LogP contribution in [0.3, 0.4) is 0 Å². The molecule has 0 aliphatic heterocycles. The Morgan fingerprint density at radius 3 is 1.96 bits per heavy atom. The van der Waals surface area contributed by atoms with Crippen LogP contribution in [-0.2, 0) is 14.3 Å². The SMILES string of the molecule is CCCCCCCCCCCCC=CC(CC(=O)O)C(=O)OC. The molecule has 0 aromatic carbocycles. The van der Waals surface area contributed by atoms with Crippen LogP contribution in [0.5, 0.6) is 0 Å². The number of hydrogen-bond acceptors (Lipinski definition) is 3. The minimum absolute atomic E-state index is 0.207. The van der Waals surface area contributed by atoms with Crippen molar-refractivity contribution < 1.29 is 19.4 Å². The number of rotatable bonds is 15. The average Bonchev–Trinajstić information content (AvgIpc) is 2.53. The molecule has 1 N–H and O–H groups in total. The number of carboxylic acids is 1. The normalized spacial score (nSPS) is 12.4. The average molecular weight is 326 g/mol. The Morgan fingerprint density at radius 1 is 0.957 bits per heavy atom. The van der Waals surface area contributed by atoms with Crippen molar-refractivity contribution in [2.24, 2.45) is 5.92 Å². The third kappa shape index (κ3) is 14.0. The number of unbranched alkanes of at least 4 members (excludes halogenated alkanes) is 10. The molecular weight excluding hydrogens is 292 g/mol. The maximum atomic E-state index is 11.4. The van der Waals surface area contributed by atoms with Crippen molar-refractivity contribution in [2.75, 3.05) is 7.11 Å². The van der Waals surface area contributed by atoms with Crippen molar-refractivity contribution in [3.05, 3.63) is 12.2 Å². The molecule has 0 saturated heterocycles. The molecule has 0 aromatic rings. The fraction of sp³-hybridized carbons (Fsp3) is 0.789. The summed E-state index contributed by atoms with van der Waals surface area (Å²) in [7, 11) is 1.28. The van der Waals surface area contributed by atoms with Crippen molar-refractivity contribution >= 4 is 11.9 Å². The van der Waals surface area contributed by atoms with Crippen LogP contribution < -0.4 is 0 Å². The van der Waals surface area contributed by atoms with Gasteiger partial charge in [0.15, 0.2) is 0 Å². The van der Waals surface area contributed by atoms with Gasteiger partial charge in [-0.2, -0.15) is 0 Å². The van der Waals surface area contributed by atoms with Gasteiger partial charge in [-0.05, 0) is 12.8 Å². The van der Waals surface area contributed by atoms with Crippen LogP contribution in [0.25, 0.3) is 0 Å². The van der Waals surface area contributed by atoms with Crippen LogP contribution in [0.15, 0.2) is 12.2 Å². The van der Waals surface area contributed by atoms with Gasteiger partial charge in [0.2, 0.25) is 0 Å². The van der Waals surface area contributed by atoms with E-state index < -0.39 is 17.9 Å². The van der Waals surface area contributed by atoms with Gasteiger partial charge < -0.3 is 9.84 Å². The number of carbonyl (C=O) groups is 2. The maximum Gasteiger partial charge on any atom is 0.313 e. The highest BCUT2D eigenvalue weighted by atomic mass is 16.5. The number of carboxylic acid groups (broad SMARTS) is 1. The molecule has 134 valence electrons. The summed E-state index contributed by atoms with van der Waals surface area (Å²) >= 11 is 0. The highest BCUT2D eigenvalue weighted by molar-refractivity contribution is 5.80. The van der Waals surface area contributed by atoms with E-state index in [9.17, 15) is 9.59 Å². The zero-order chi connectivity index (χ0) is 17.3. The second-order valence-electron chi connectivity index (χ2n) is 6.13. The first-order valence-corrected chi connectivity index (χ1v) is 9.08. The molecule has 0 aliphatic carbocycles. The first-order chi connectivity index (χ1) is 11.1. The minimum atomic E-state index is -0.982. The number of aliphatic carboxylic acids is 1. The lowest BCUT2D eigenvalue weighted by molar-refractivity contribution is -0.148. The molecule has 0 heterocycles. The summed E-state index contributed by atoms with van der Waals surface area (Å²) in [4.78, 5) is 22.1. The largest absolute Gasteiger partial charge is 0.481 e. The maximum absolute atomic E-state index is 11.4. The number of hydrogen-bond donors (Lipinski definition) is 1. The fourth-order valence-electron chi connectivity index (χ4n) is 2.58. The predicted octanol–water partition coefficient (Wildman–Crippen LogP) is 5.12. The minimum Gasteiger partial charge on any atom is -0.481 e. The fourth-order valence-corrected chi connectivity index (χ4v) is 2.58. The van der Waals surface area contributed by atoms with Crippen LogP contribution >= 0.6 is 0 Å². The monoisotopic (exact) mass is 326 g/mol. The molecular formula is C19H34O4. The summed E-state index contributed by atoms with van der Waals surface area (Å²) in [6.07, 6.45) is 17.2. The van der Waals surface area contributed by atoms with Gasteiger partial charge >= 0.3 is 11.9 Å². The number of methoxy groups -OCH3 is 1. The smallest absolute Gasteiger partial charge is 0.313 e. The molecule has 0 rings (SSSR count). The van der Waals surface area contributed by atoms with Crippen LogP contribution in [0.2, 0.25) is 0 Å². The predicted molar refractivity (Wildman–Crippen MR) is 93.4 cm³/mol. The summed E-state index contributed by atoms with van der Waals surface area (Å²) in [5, 5.41) is 8.78. The van der Waals surface area contributed by atoms with Crippen molar-refractivity contribution in [2.45, 2.75) is 84.0 Å². The Balaban J connectivity index is 3.60. The lowest BCUT2D eigenvalue weighted by atomic mass is 10.0. The quantitative estimate of drug-likeness (QED) is 0.258. The highest BCUT2D eigenvalue weighted by Gasteiger charge is 2.18. The molecule has 0 aliphatic rings. The summed E-state index contributed by atoms with van der Waals surface area (Å²) in [5.74, 6) is -2.13. The van der Waals surface area contributed by atoms with Crippen LogP contribution in [0.4, 0.5) is 0 Å². The topological polar surface area (TPSA) is 63.6 Å². The van der Waals surface area contributed by atoms with E-state index in [1.165, 1.54) is 64.9 Å². The second kappa shape index (κ2) is 15.6. The molecule has 1 unspecified atom stereocenters. The molecule has 23 heavy (non-hydrogen) atoms. The highest BCUT2D eigenvalue weighted by Crippen LogP contribution is 2.13. The summed E-state index contributed by atoms with van der Waals surface area (Å²) in [6, 6.07) is 0. The molecule has 4 heteroatoms. The van der Waals surface area contributed by atoms with E-state index in [1.807, 2.05) is 6.08 Å². The van der Waals surface area contributed by atoms with Gasteiger partial charge in [-0.1, -0.05) is 76.9 Å². The van der Waals surface area contributed by atoms with Gasteiger partial charge in [0.1, 0.15) is 0 Å². The van der Waals surface area contributed by atoms with Crippen molar-refractivity contribution in [1.82, 2.24) is 0 Å². The molecule has 0 fully saturated rings. The Morgan fingerprint density at radius 2 is 1.48 bits per heavy atom. The molecule has 0 radical (unpaired) electrons. The van der Waals surface area contributed by atoms with Crippen molar-refractivity contribution in [3.63, 3.8) is 0 Å². The number of esters is 1. The molecule has 0 aromatic heterocycles. The van der Waals surface area contributed by atoms with E-state index in [2.05, 4.69) is 11.7 Å². The zero-order valence-corrected chi connectivity index (χ0v) is 14.9. The Labute approximate surface area is 141 Å². The van der Waals surface area contributed by atoms with Crippen LogP contribution in [0, 0.1) is 5.92 Å². The van der Waals surface area contributed by atoms with Crippen molar-refractivity contribution in [3.8, 4) is 0 Å². The van der Waals surface area contributed by atoms with E-state index in [-0.39, 0.29) is 6.42 Å². The summed E-state index contributed by atoms with van der Waals surface area (Å²) in [5.41, 5.74) is 0.